The van der Waals surface area contributed by atoms with Crippen LogP contribution >= 0.6 is 0 Å². The van der Waals surface area contributed by atoms with Crippen molar-refractivity contribution in [2.24, 2.45) is 0 Å². The van der Waals surface area contributed by atoms with E-state index < -0.39 is 11.7 Å². The average Bonchev–Trinajstić information content (AvgIpc) is 3.09. The number of carbonyl (C=O) groups is 1. The number of hydrogen-bond acceptors (Lipinski definition) is 11. The number of hydrogen-bond donors (Lipinski definition) is 4. The van der Waals surface area contributed by atoms with E-state index in [1.807, 2.05) is 11.0 Å². The van der Waals surface area contributed by atoms with Gasteiger partial charge in [0, 0.05) is 73.8 Å². The van der Waals surface area contributed by atoms with Gasteiger partial charge in [0.05, 0.1) is 12.7 Å². The maximum absolute atomic E-state index is 14.8. The van der Waals surface area contributed by atoms with Crippen LogP contribution in [-0.4, -0.2) is 57.4 Å². The second-order valence-electron chi connectivity index (χ2n) is 10.7. The molecule has 1 fully saturated rings. The first-order valence-electron chi connectivity index (χ1n) is 14.6. The molecule has 4 N–H and O–H groups in total. The molecule has 1 amide bonds. The van der Waals surface area contributed by atoms with Crippen LogP contribution in [0.5, 0.6) is 11.5 Å². The van der Waals surface area contributed by atoms with Crippen molar-refractivity contribution >= 4 is 11.7 Å². The SMILES string of the molecule is COc1ccc(-c2cnc(N3CCC(NCc4cnc(CCC(=O)NO)nc4)CC3)c(C#N)c2-c2ccc(C#N)c(F)c2)cc1O. The van der Waals surface area contributed by atoms with E-state index in [4.69, 9.17) is 14.9 Å². The monoisotopic (exact) mass is 622 g/mol. The minimum atomic E-state index is -0.702. The smallest absolute Gasteiger partial charge is 0.243 e. The molecule has 2 aromatic heterocycles. The predicted octanol–water partition coefficient (Wildman–Crippen LogP) is 4.00. The first-order chi connectivity index (χ1) is 22.3. The number of phenols is 1. The number of pyridine rings is 1. The number of hydroxylamine groups is 1. The Kier molecular flexibility index (Phi) is 9.97. The van der Waals surface area contributed by atoms with E-state index in [0.29, 0.717) is 60.0 Å². The molecule has 2 aromatic carbocycles. The van der Waals surface area contributed by atoms with Gasteiger partial charge in [0.25, 0.3) is 0 Å². The average molecular weight is 623 g/mol. The number of amides is 1. The van der Waals surface area contributed by atoms with Crippen LogP contribution in [0.3, 0.4) is 0 Å². The van der Waals surface area contributed by atoms with Gasteiger partial charge in [0.2, 0.25) is 5.91 Å². The van der Waals surface area contributed by atoms with Gasteiger partial charge in [0.1, 0.15) is 35.2 Å². The largest absolute Gasteiger partial charge is 0.504 e. The molecular weight excluding hydrogens is 591 g/mol. The van der Waals surface area contributed by atoms with Crippen molar-refractivity contribution in [2.45, 2.75) is 38.3 Å². The summed E-state index contributed by atoms with van der Waals surface area (Å²) in [5.41, 5.74) is 4.57. The second kappa shape index (κ2) is 14.4. The van der Waals surface area contributed by atoms with E-state index >= 15 is 0 Å². The number of ether oxygens (including phenoxy) is 1. The number of aromatic hydroxyl groups is 1. The standard InChI is InChI=1S/C33H31FN8O4/c1-46-29-5-4-21(13-28(29)43)26-19-40-33(25(15-36)32(26)22-2-3-23(14-35)27(34)12-22)42-10-8-24(9-11-42)37-16-20-17-38-30(39-18-20)6-7-31(44)41-45/h2-5,12-13,17-19,24,37,43,45H,6-11,16H2,1H3,(H,41,44). The Bertz CT molecular complexity index is 1810. The van der Waals surface area contributed by atoms with E-state index in [2.05, 4.69) is 21.4 Å². The lowest BCUT2D eigenvalue weighted by Crippen LogP contribution is -2.43. The highest BCUT2D eigenvalue weighted by atomic mass is 19.1. The molecule has 13 heteroatoms. The number of rotatable bonds is 10. The molecule has 0 bridgehead atoms. The molecular formula is C33H31FN8O4. The molecule has 1 saturated heterocycles. The number of halogens is 1. The van der Waals surface area contributed by atoms with Crippen LogP contribution in [0.2, 0.25) is 0 Å². The third-order valence-corrected chi connectivity index (χ3v) is 7.89. The van der Waals surface area contributed by atoms with Gasteiger partial charge < -0.3 is 20.1 Å². The van der Waals surface area contributed by atoms with Crippen LogP contribution < -0.4 is 20.4 Å². The third-order valence-electron chi connectivity index (χ3n) is 7.89. The summed E-state index contributed by atoms with van der Waals surface area (Å²) in [6.07, 6.45) is 7.00. The van der Waals surface area contributed by atoms with E-state index in [1.165, 1.54) is 25.3 Å². The zero-order valence-corrected chi connectivity index (χ0v) is 25.0. The Labute approximate surface area is 264 Å². The number of aryl methyl sites for hydroxylation is 1. The first kappa shape index (κ1) is 31.8. The summed E-state index contributed by atoms with van der Waals surface area (Å²) in [6, 6.07) is 13.4. The Morgan fingerprint density at radius 3 is 2.43 bits per heavy atom. The number of nitrogens with one attached hydrogen (secondary N) is 2. The molecule has 12 nitrogen and oxygen atoms in total. The molecule has 0 radical (unpaired) electrons. The van der Waals surface area contributed by atoms with Crippen LogP contribution in [0.25, 0.3) is 22.3 Å². The molecule has 0 saturated carbocycles. The minimum absolute atomic E-state index is 0.0920. The molecule has 46 heavy (non-hydrogen) atoms. The van der Waals surface area contributed by atoms with Gasteiger partial charge in [-0.2, -0.15) is 10.5 Å². The van der Waals surface area contributed by atoms with Crippen LogP contribution in [0.1, 0.15) is 41.8 Å². The van der Waals surface area contributed by atoms with Gasteiger partial charge in [0.15, 0.2) is 11.5 Å². The summed E-state index contributed by atoms with van der Waals surface area (Å²) in [4.78, 5) is 26.5. The fourth-order valence-electron chi connectivity index (χ4n) is 5.43. The van der Waals surface area contributed by atoms with Crippen molar-refractivity contribution in [2.75, 3.05) is 25.1 Å². The van der Waals surface area contributed by atoms with Crippen molar-refractivity contribution in [1.29, 1.82) is 10.5 Å². The molecule has 5 rings (SSSR count). The van der Waals surface area contributed by atoms with E-state index in [9.17, 15) is 24.8 Å². The quantitative estimate of drug-likeness (QED) is 0.148. The zero-order valence-electron chi connectivity index (χ0n) is 25.0. The van der Waals surface area contributed by atoms with Crippen molar-refractivity contribution in [3.8, 4) is 45.9 Å². The Hall–Kier alpha value is -5.63. The number of piperidine rings is 1. The van der Waals surface area contributed by atoms with Crippen molar-refractivity contribution in [1.82, 2.24) is 25.7 Å². The van der Waals surface area contributed by atoms with Crippen molar-refractivity contribution in [3.05, 3.63) is 83.3 Å². The molecule has 0 atom stereocenters. The summed E-state index contributed by atoms with van der Waals surface area (Å²) in [5.74, 6) is -0.0212. The lowest BCUT2D eigenvalue weighted by atomic mass is 9.91. The zero-order chi connectivity index (χ0) is 32.6. The molecule has 3 heterocycles. The lowest BCUT2D eigenvalue weighted by molar-refractivity contribution is -0.129. The fraction of sp³-hybridized carbons (Fsp3) is 0.273. The first-order valence-corrected chi connectivity index (χ1v) is 14.6. The molecule has 1 aliphatic heterocycles. The maximum Gasteiger partial charge on any atom is 0.243 e. The van der Waals surface area contributed by atoms with Crippen LogP contribution in [0.4, 0.5) is 10.2 Å². The number of anilines is 1. The van der Waals surface area contributed by atoms with Crippen LogP contribution in [0.15, 0.2) is 55.0 Å². The summed E-state index contributed by atoms with van der Waals surface area (Å²) in [6.45, 7) is 1.79. The predicted molar refractivity (Wildman–Crippen MR) is 165 cm³/mol. The molecule has 4 aromatic rings. The summed E-state index contributed by atoms with van der Waals surface area (Å²) >= 11 is 0. The third kappa shape index (κ3) is 7.02. The van der Waals surface area contributed by atoms with Gasteiger partial charge in [-0.25, -0.2) is 24.8 Å². The fourth-order valence-corrected chi connectivity index (χ4v) is 5.43. The van der Waals surface area contributed by atoms with Gasteiger partial charge >= 0.3 is 0 Å². The Morgan fingerprint density at radius 2 is 1.80 bits per heavy atom. The van der Waals surface area contributed by atoms with Gasteiger partial charge in [-0.3, -0.25) is 10.0 Å². The Morgan fingerprint density at radius 1 is 1.07 bits per heavy atom. The molecule has 0 spiro atoms. The number of carbonyl (C=O) groups excluding carboxylic acids is 1. The summed E-state index contributed by atoms with van der Waals surface area (Å²) < 4.78 is 20.0. The summed E-state index contributed by atoms with van der Waals surface area (Å²) in [5, 5.41) is 42.3. The Balaban J connectivity index is 1.35. The number of aromatic nitrogens is 3. The highest BCUT2D eigenvalue weighted by Crippen LogP contribution is 2.41. The number of benzene rings is 2. The van der Waals surface area contributed by atoms with Gasteiger partial charge in [-0.15, -0.1) is 0 Å². The normalized spacial score (nSPS) is 13.1. The second-order valence-corrected chi connectivity index (χ2v) is 10.7. The molecule has 234 valence electrons. The van der Waals surface area contributed by atoms with E-state index in [-0.39, 0.29) is 35.1 Å². The molecule has 1 aliphatic rings. The molecule has 0 unspecified atom stereocenters. The van der Waals surface area contributed by atoms with E-state index in [1.54, 1.807) is 42.3 Å². The number of phenolic OH excluding ortho intramolecular Hbond substituents is 1. The minimum Gasteiger partial charge on any atom is -0.504 e. The van der Waals surface area contributed by atoms with E-state index in [0.717, 1.165) is 18.4 Å². The van der Waals surface area contributed by atoms with Crippen LogP contribution in [-0.2, 0) is 17.8 Å². The van der Waals surface area contributed by atoms with Crippen molar-refractivity contribution < 1.29 is 24.2 Å². The van der Waals surface area contributed by atoms with Crippen molar-refractivity contribution in [3.63, 3.8) is 0 Å². The maximum atomic E-state index is 14.8. The number of methoxy groups -OCH3 is 1. The topological polar surface area (TPSA) is 180 Å². The molecule has 0 aliphatic carbocycles. The van der Waals surface area contributed by atoms with Gasteiger partial charge in [-0.05, 0) is 48.2 Å². The number of nitrogens with zero attached hydrogens (tertiary/aromatic N) is 6. The summed E-state index contributed by atoms with van der Waals surface area (Å²) in [7, 11) is 1.44. The highest BCUT2D eigenvalue weighted by molar-refractivity contribution is 5.90. The van der Waals surface area contributed by atoms with Gasteiger partial charge in [-0.1, -0.05) is 12.1 Å². The van der Waals surface area contributed by atoms with Crippen LogP contribution in [0, 0.1) is 28.5 Å². The lowest BCUT2D eigenvalue weighted by Gasteiger charge is -2.34. The number of nitriles is 2. The highest BCUT2D eigenvalue weighted by Gasteiger charge is 2.26.